The Balaban J connectivity index is 1.49. The van der Waals surface area contributed by atoms with Gasteiger partial charge in [-0.05, 0) is 32.4 Å². The normalized spacial score (nSPS) is 20.0. The number of hydrogen-bond acceptors (Lipinski definition) is 7. The zero-order valence-electron chi connectivity index (χ0n) is 16.5. The van der Waals surface area contributed by atoms with Crippen molar-refractivity contribution in [1.82, 2.24) is 19.9 Å². The summed E-state index contributed by atoms with van der Waals surface area (Å²) in [6.07, 6.45) is 2.74. The molecule has 0 unspecified atom stereocenters. The molecule has 2 N–H and O–H groups in total. The number of nitrogens with zero attached hydrogens (tertiary/aromatic N) is 6. The third kappa shape index (κ3) is 3.64. The van der Waals surface area contributed by atoms with E-state index in [-0.39, 0.29) is 17.8 Å². The first-order valence-electron chi connectivity index (χ1n) is 9.84. The van der Waals surface area contributed by atoms with E-state index in [0.29, 0.717) is 13.1 Å². The summed E-state index contributed by atoms with van der Waals surface area (Å²) in [7, 11) is 0. The Morgan fingerprint density at radius 1 is 1.07 bits per heavy atom. The topological polar surface area (TPSA) is 91.5 Å². The van der Waals surface area contributed by atoms with Gasteiger partial charge in [0.25, 0.3) is 5.91 Å². The Kier molecular flexibility index (Phi) is 5.13. The lowest BCUT2D eigenvalue weighted by Gasteiger charge is -2.35. The summed E-state index contributed by atoms with van der Waals surface area (Å²) in [6.45, 7) is 8.36. The van der Waals surface area contributed by atoms with E-state index < -0.39 is 0 Å². The van der Waals surface area contributed by atoms with Crippen molar-refractivity contribution in [3.05, 3.63) is 41.5 Å². The van der Waals surface area contributed by atoms with Crippen molar-refractivity contribution in [3.8, 4) is 0 Å². The number of hydrogen-bond donors (Lipinski definition) is 1. The van der Waals surface area contributed by atoms with Crippen LogP contribution in [-0.2, 0) is 0 Å². The molecule has 2 saturated heterocycles. The highest BCUT2D eigenvalue weighted by atomic mass is 16.2. The molecule has 2 aliphatic rings. The van der Waals surface area contributed by atoms with Crippen molar-refractivity contribution in [2.24, 2.45) is 5.73 Å². The van der Waals surface area contributed by atoms with Crippen LogP contribution >= 0.6 is 0 Å². The number of piperazine rings is 1. The van der Waals surface area contributed by atoms with Crippen molar-refractivity contribution in [2.45, 2.75) is 26.3 Å². The van der Waals surface area contributed by atoms with Crippen molar-refractivity contribution in [2.75, 3.05) is 49.1 Å². The lowest BCUT2D eigenvalue weighted by atomic mass is 10.2. The molecule has 2 aromatic rings. The number of nitrogens with two attached hydrogens (primary N) is 1. The maximum Gasteiger partial charge on any atom is 0.291 e. The van der Waals surface area contributed by atoms with Crippen LogP contribution in [0.25, 0.3) is 0 Å². The first-order valence-corrected chi connectivity index (χ1v) is 9.84. The van der Waals surface area contributed by atoms with Gasteiger partial charge in [0.05, 0.1) is 0 Å². The number of anilines is 2. The minimum atomic E-state index is -0.103. The predicted molar refractivity (Wildman–Crippen MR) is 109 cm³/mol. The fourth-order valence-corrected chi connectivity index (χ4v) is 3.82. The van der Waals surface area contributed by atoms with Crippen LogP contribution in [0.3, 0.4) is 0 Å². The molecule has 0 saturated carbocycles. The van der Waals surface area contributed by atoms with Gasteiger partial charge in [0.1, 0.15) is 11.6 Å². The summed E-state index contributed by atoms with van der Waals surface area (Å²) in [5, 5.41) is 0. The molecule has 4 heterocycles. The van der Waals surface area contributed by atoms with E-state index in [1.165, 1.54) is 0 Å². The molecule has 148 valence electrons. The van der Waals surface area contributed by atoms with E-state index in [1.54, 1.807) is 6.20 Å². The van der Waals surface area contributed by atoms with E-state index in [2.05, 4.69) is 24.8 Å². The predicted octanol–water partition coefficient (Wildman–Crippen LogP) is 0.988. The molecule has 1 amide bonds. The van der Waals surface area contributed by atoms with E-state index in [9.17, 15) is 4.79 Å². The van der Waals surface area contributed by atoms with Crippen LogP contribution < -0.4 is 15.5 Å². The van der Waals surface area contributed by atoms with Crippen LogP contribution in [0.4, 0.5) is 11.6 Å². The lowest BCUT2D eigenvalue weighted by molar-refractivity contribution is 0.0734. The smallest absolute Gasteiger partial charge is 0.291 e. The summed E-state index contributed by atoms with van der Waals surface area (Å²) >= 11 is 0. The Labute approximate surface area is 165 Å². The molecule has 2 aromatic heterocycles. The second-order valence-corrected chi connectivity index (χ2v) is 7.54. The monoisotopic (exact) mass is 381 g/mol. The zero-order valence-corrected chi connectivity index (χ0v) is 16.5. The molecule has 0 aliphatic carbocycles. The molecular formula is C20H27N7O. The van der Waals surface area contributed by atoms with Gasteiger partial charge in [-0.15, -0.1) is 0 Å². The largest absolute Gasteiger partial charge is 0.355 e. The number of carbonyl (C=O) groups excluding carboxylic acids is 1. The van der Waals surface area contributed by atoms with Gasteiger partial charge >= 0.3 is 0 Å². The number of aryl methyl sites for hydroxylation is 1. The molecule has 8 nitrogen and oxygen atoms in total. The molecule has 2 aliphatic heterocycles. The molecule has 28 heavy (non-hydrogen) atoms. The first-order chi connectivity index (χ1) is 13.5. The second-order valence-electron chi connectivity index (χ2n) is 7.54. The fraction of sp³-hybridized carbons (Fsp3) is 0.500. The van der Waals surface area contributed by atoms with Gasteiger partial charge in [0, 0.05) is 62.8 Å². The Hall–Kier alpha value is -2.74. The maximum absolute atomic E-state index is 13.1. The van der Waals surface area contributed by atoms with Crippen LogP contribution in [0.2, 0.25) is 0 Å². The van der Waals surface area contributed by atoms with Crippen molar-refractivity contribution in [3.63, 3.8) is 0 Å². The van der Waals surface area contributed by atoms with Gasteiger partial charge in [0.15, 0.2) is 0 Å². The third-order valence-corrected chi connectivity index (χ3v) is 5.62. The Morgan fingerprint density at radius 2 is 1.86 bits per heavy atom. The highest BCUT2D eigenvalue weighted by Crippen LogP contribution is 2.24. The minimum absolute atomic E-state index is 0.103. The molecule has 0 bridgehead atoms. The van der Waals surface area contributed by atoms with Crippen LogP contribution in [-0.4, -0.2) is 71.1 Å². The van der Waals surface area contributed by atoms with Crippen LogP contribution in [0.5, 0.6) is 0 Å². The first kappa shape index (κ1) is 18.6. The molecular weight excluding hydrogens is 354 g/mol. The SMILES string of the molecule is Cc1nc(C(=O)N2CCN(c3ccccn3)CC2)nc(N2CC[C@@H](N)C2)c1C. The van der Waals surface area contributed by atoms with Gasteiger partial charge in [0.2, 0.25) is 5.82 Å². The van der Waals surface area contributed by atoms with Gasteiger partial charge in [-0.25, -0.2) is 15.0 Å². The molecule has 4 rings (SSSR count). The number of pyridine rings is 1. The summed E-state index contributed by atoms with van der Waals surface area (Å²) in [5.74, 6) is 1.97. The quantitative estimate of drug-likeness (QED) is 0.848. The lowest BCUT2D eigenvalue weighted by Crippen LogP contribution is -2.49. The van der Waals surface area contributed by atoms with Crippen LogP contribution in [0.1, 0.15) is 28.3 Å². The van der Waals surface area contributed by atoms with Gasteiger partial charge < -0.3 is 20.4 Å². The van der Waals surface area contributed by atoms with Crippen molar-refractivity contribution < 1.29 is 4.79 Å². The van der Waals surface area contributed by atoms with E-state index in [1.807, 2.05) is 36.9 Å². The maximum atomic E-state index is 13.1. The summed E-state index contributed by atoms with van der Waals surface area (Å²) in [4.78, 5) is 32.8. The second kappa shape index (κ2) is 7.71. The molecule has 8 heteroatoms. The fourth-order valence-electron chi connectivity index (χ4n) is 3.82. The summed E-state index contributed by atoms with van der Waals surface area (Å²) < 4.78 is 0. The molecule has 0 spiro atoms. The number of amides is 1. The zero-order chi connectivity index (χ0) is 19.7. The number of rotatable bonds is 3. The number of carbonyl (C=O) groups is 1. The van der Waals surface area contributed by atoms with Gasteiger partial charge in [-0.1, -0.05) is 6.07 Å². The average molecular weight is 381 g/mol. The number of aromatic nitrogens is 3. The highest BCUT2D eigenvalue weighted by molar-refractivity contribution is 5.91. The molecule has 2 fully saturated rings. The molecule has 0 radical (unpaired) electrons. The van der Waals surface area contributed by atoms with Gasteiger partial charge in [-0.2, -0.15) is 0 Å². The highest BCUT2D eigenvalue weighted by Gasteiger charge is 2.28. The summed E-state index contributed by atoms with van der Waals surface area (Å²) in [5.41, 5.74) is 7.92. The van der Waals surface area contributed by atoms with E-state index in [0.717, 1.165) is 55.5 Å². The standard InChI is InChI=1S/C20H27N7O/c1-14-15(2)23-18(24-19(14)27-8-6-16(21)13-27)20(28)26-11-9-25(10-12-26)17-5-3-4-7-22-17/h3-5,7,16H,6,8-13,21H2,1-2H3/t16-/m1/s1. The van der Waals surface area contributed by atoms with Crippen LogP contribution in [0, 0.1) is 13.8 Å². The molecule has 1 atom stereocenters. The molecule has 0 aromatic carbocycles. The van der Waals surface area contributed by atoms with E-state index >= 15 is 0 Å². The van der Waals surface area contributed by atoms with E-state index in [4.69, 9.17) is 5.73 Å². The van der Waals surface area contributed by atoms with Gasteiger partial charge in [-0.3, -0.25) is 4.79 Å². The van der Waals surface area contributed by atoms with Crippen molar-refractivity contribution in [1.29, 1.82) is 0 Å². The third-order valence-electron chi connectivity index (χ3n) is 5.62. The Morgan fingerprint density at radius 3 is 2.50 bits per heavy atom. The Bertz CT molecular complexity index is 849. The summed E-state index contributed by atoms with van der Waals surface area (Å²) in [6, 6.07) is 6.05. The van der Waals surface area contributed by atoms with Crippen molar-refractivity contribution >= 4 is 17.5 Å². The van der Waals surface area contributed by atoms with Crippen LogP contribution in [0.15, 0.2) is 24.4 Å². The minimum Gasteiger partial charge on any atom is -0.355 e. The average Bonchev–Trinajstić information content (AvgIpc) is 3.16.